The van der Waals surface area contributed by atoms with Gasteiger partial charge in [-0.25, -0.2) is 9.59 Å². The molecule has 0 heterocycles. The number of benzene rings is 2. The summed E-state index contributed by atoms with van der Waals surface area (Å²) < 4.78 is 9.58. The van der Waals surface area contributed by atoms with Crippen molar-refractivity contribution in [1.29, 1.82) is 0 Å². The van der Waals surface area contributed by atoms with Crippen molar-refractivity contribution in [2.75, 3.05) is 13.2 Å². The molecule has 0 aromatic heterocycles. The first-order valence-electron chi connectivity index (χ1n) is 9.19. The molecular weight excluding hydrogens is 392 g/mol. The van der Waals surface area contributed by atoms with Gasteiger partial charge in [0.2, 0.25) is 0 Å². The Morgan fingerprint density at radius 1 is 0.633 bits per heavy atom. The van der Waals surface area contributed by atoms with Gasteiger partial charge in [-0.15, -0.1) is 0 Å². The summed E-state index contributed by atoms with van der Waals surface area (Å²) in [5.41, 5.74) is 1.21. The van der Waals surface area contributed by atoms with E-state index in [1.54, 1.807) is 38.1 Å². The van der Waals surface area contributed by atoms with Gasteiger partial charge in [-0.1, -0.05) is 36.4 Å². The third-order valence-electron chi connectivity index (χ3n) is 3.12. The minimum absolute atomic E-state index is 0.256. The van der Waals surface area contributed by atoms with Gasteiger partial charge in [-0.3, -0.25) is 9.59 Å². The molecule has 0 spiro atoms. The van der Waals surface area contributed by atoms with Gasteiger partial charge >= 0.3 is 23.9 Å². The summed E-state index contributed by atoms with van der Waals surface area (Å²) in [5, 5.41) is 15.8. The van der Waals surface area contributed by atoms with Gasteiger partial charge in [0.25, 0.3) is 0 Å². The van der Waals surface area contributed by atoms with E-state index in [1.165, 1.54) is 0 Å². The fraction of sp³-hybridized carbons (Fsp3) is 0.273. The minimum Gasteiger partial charge on any atom is -0.481 e. The van der Waals surface area contributed by atoms with E-state index < -0.39 is 11.9 Å². The van der Waals surface area contributed by atoms with Crippen molar-refractivity contribution in [1.82, 2.24) is 0 Å². The molecule has 2 aromatic rings. The highest BCUT2D eigenvalue weighted by Gasteiger charge is 2.03. The molecular formula is C22H26O8. The summed E-state index contributed by atoms with van der Waals surface area (Å²) in [6.45, 7) is 4.43. The first kappa shape index (κ1) is 26.3. The number of rotatable bonds is 7. The van der Waals surface area contributed by atoms with E-state index >= 15 is 0 Å². The molecule has 0 aliphatic heterocycles. The molecule has 162 valence electrons. The van der Waals surface area contributed by atoms with Crippen LogP contribution in [-0.2, 0) is 19.1 Å². The SMILES string of the molecule is CCOC(=O)c1ccccc1.CCOC(=O)c1ccccc1.O=C(O)CCC(=O)O. The van der Waals surface area contributed by atoms with E-state index in [9.17, 15) is 19.2 Å². The Balaban J connectivity index is 0.000000428. The fourth-order valence-corrected chi connectivity index (χ4v) is 1.79. The van der Waals surface area contributed by atoms with Crippen LogP contribution in [0.25, 0.3) is 0 Å². The predicted molar refractivity (Wildman–Crippen MR) is 109 cm³/mol. The zero-order valence-corrected chi connectivity index (χ0v) is 16.9. The van der Waals surface area contributed by atoms with Gasteiger partial charge in [-0.05, 0) is 38.1 Å². The van der Waals surface area contributed by atoms with Crippen LogP contribution < -0.4 is 0 Å². The molecule has 30 heavy (non-hydrogen) atoms. The third-order valence-corrected chi connectivity index (χ3v) is 3.12. The lowest BCUT2D eigenvalue weighted by atomic mass is 10.2. The maximum Gasteiger partial charge on any atom is 0.338 e. The number of carbonyl (C=O) groups excluding carboxylic acids is 2. The Morgan fingerprint density at radius 3 is 1.17 bits per heavy atom. The standard InChI is InChI=1S/2C9H10O2.C4H6O4/c2*1-2-11-9(10)8-6-4-3-5-7-8;5-3(6)1-2-4(7)8/h2*3-7H,2H2,1H3;1-2H2,(H,5,6)(H,7,8). The summed E-state index contributed by atoms with van der Waals surface area (Å²) in [4.78, 5) is 41.3. The van der Waals surface area contributed by atoms with E-state index in [0.29, 0.717) is 24.3 Å². The molecule has 2 aromatic carbocycles. The molecule has 0 saturated carbocycles. The second kappa shape index (κ2) is 16.3. The Labute approximate surface area is 175 Å². The van der Waals surface area contributed by atoms with Crippen LogP contribution in [0.3, 0.4) is 0 Å². The van der Waals surface area contributed by atoms with Crippen molar-refractivity contribution in [3.05, 3.63) is 71.8 Å². The van der Waals surface area contributed by atoms with Gasteiger partial charge in [0, 0.05) is 0 Å². The Kier molecular flexibility index (Phi) is 14.3. The van der Waals surface area contributed by atoms with Crippen LogP contribution in [0.5, 0.6) is 0 Å². The highest BCUT2D eigenvalue weighted by Crippen LogP contribution is 2.00. The number of hydrogen-bond donors (Lipinski definition) is 2. The molecule has 0 aliphatic rings. The van der Waals surface area contributed by atoms with Crippen molar-refractivity contribution in [3.8, 4) is 0 Å². The zero-order valence-electron chi connectivity index (χ0n) is 16.9. The maximum atomic E-state index is 11.0. The average Bonchev–Trinajstić information content (AvgIpc) is 2.75. The number of aliphatic carboxylic acids is 2. The molecule has 0 unspecified atom stereocenters. The first-order valence-corrected chi connectivity index (χ1v) is 9.19. The number of carbonyl (C=O) groups is 4. The molecule has 0 bridgehead atoms. The molecule has 0 atom stereocenters. The fourth-order valence-electron chi connectivity index (χ4n) is 1.79. The van der Waals surface area contributed by atoms with Crippen molar-refractivity contribution in [2.24, 2.45) is 0 Å². The second-order valence-electron chi connectivity index (χ2n) is 5.46. The summed E-state index contributed by atoms with van der Waals surface area (Å²) in [7, 11) is 0. The average molecular weight is 418 g/mol. The normalized spacial score (nSPS) is 9.00. The third kappa shape index (κ3) is 13.5. The lowest BCUT2D eigenvalue weighted by Gasteiger charge is -1.99. The van der Waals surface area contributed by atoms with Crippen molar-refractivity contribution in [3.63, 3.8) is 0 Å². The van der Waals surface area contributed by atoms with Gasteiger partial charge in [0.1, 0.15) is 0 Å². The van der Waals surface area contributed by atoms with Crippen LogP contribution >= 0.6 is 0 Å². The Morgan fingerprint density at radius 2 is 0.933 bits per heavy atom. The molecule has 8 heteroatoms. The molecule has 0 amide bonds. The maximum absolute atomic E-state index is 11.0. The molecule has 2 N–H and O–H groups in total. The molecule has 8 nitrogen and oxygen atoms in total. The molecule has 0 aliphatic carbocycles. The van der Waals surface area contributed by atoms with Crippen LogP contribution in [-0.4, -0.2) is 47.3 Å². The van der Waals surface area contributed by atoms with E-state index in [-0.39, 0.29) is 24.8 Å². The molecule has 0 saturated heterocycles. The predicted octanol–water partition coefficient (Wildman–Crippen LogP) is 3.66. The van der Waals surface area contributed by atoms with Crippen molar-refractivity contribution in [2.45, 2.75) is 26.7 Å². The number of hydrogen-bond acceptors (Lipinski definition) is 6. The first-order chi connectivity index (χ1) is 14.3. The van der Waals surface area contributed by atoms with E-state index in [4.69, 9.17) is 19.7 Å². The topological polar surface area (TPSA) is 127 Å². The van der Waals surface area contributed by atoms with Gasteiger partial charge < -0.3 is 19.7 Å². The van der Waals surface area contributed by atoms with Crippen LogP contribution in [0.15, 0.2) is 60.7 Å². The van der Waals surface area contributed by atoms with Crippen LogP contribution in [0.2, 0.25) is 0 Å². The lowest BCUT2D eigenvalue weighted by Crippen LogP contribution is -2.03. The van der Waals surface area contributed by atoms with Gasteiger partial charge in [0.15, 0.2) is 0 Å². The van der Waals surface area contributed by atoms with Gasteiger partial charge in [-0.2, -0.15) is 0 Å². The number of carboxylic acids is 2. The van der Waals surface area contributed by atoms with E-state index in [1.807, 2.05) is 36.4 Å². The van der Waals surface area contributed by atoms with Crippen molar-refractivity contribution < 1.29 is 38.9 Å². The summed E-state index contributed by atoms with van der Waals surface area (Å²) >= 11 is 0. The monoisotopic (exact) mass is 418 g/mol. The van der Waals surface area contributed by atoms with Crippen LogP contribution in [0, 0.1) is 0 Å². The summed E-state index contributed by atoms with van der Waals surface area (Å²) in [6, 6.07) is 17.9. The Bertz CT molecular complexity index is 705. The summed E-state index contributed by atoms with van der Waals surface area (Å²) in [5.74, 6) is -2.67. The second-order valence-corrected chi connectivity index (χ2v) is 5.46. The zero-order chi connectivity index (χ0) is 22.8. The van der Waals surface area contributed by atoms with Crippen LogP contribution in [0.1, 0.15) is 47.4 Å². The highest BCUT2D eigenvalue weighted by molar-refractivity contribution is 5.89. The number of carboxylic acid groups (broad SMARTS) is 2. The molecule has 2 rings (SSSR count). The largest absolute Gasteiger partial charge is 0.481 e. The summed E-state index contributed by atoms with van der Waals surface area (Å²) in [6.07, 6.45) is -0.593. The van der Waals surface area contributed by atoms with Crippen LogP contribution in [0.4, 0.5) is 0 Å². The van der Waals surface area contributed by atoms with E-state index in [2.05, 4.69) is 0 Å². The smallest absolute Gasteiger partial charge is 0.338 e. The minimum atomic E-state index is -1.08. The lowest BCUT2D eigenvalue weighted by molar-refractivity contribution is -0.143. The quantitative estimate of drug-likeness (QED) is 0.652. The highest BCUT2D eigenvalue weighted by atomic mass is 16.5. The Hall–Kier alpha value is -3.68. The van der Waals surface area contributed by atoms with Gasteiger partial charge in [0.05, 0.1) is 37.2 Å². The van der Waals surface area contributed by atoms with Crippen molar-refractivity contribution >= 4 is 23.9 Å². The molecule has 0 fully saturated rings. The molecule has 0 radical (unpaired) electrons. The number of esters is 2. The van der Waals surface area contributed by atoms with E-state index in [0.717, 1.165) is 0 Å². The number of ether oxygens (including phenoxy) is 2.